The highest BCUT2D eigenvalue weighted by Gasteiger charge is 2.15. The molecule has 0 saturated heterocycles. The van der Waals surface area contributed by atoms with Crippen molar-refractivity contribution in [1.82, 2.24) is 29.1 Å². The van der Waals surface area contributed by atoms with Crippen molar-refractivity contribution in [1.29, 1.82) is 0 Å². The van der Waals surface area contributed by atoms with Crippen LogP contribution in [-0.4, -0.2) is 29.1 Å². The molecule has 0 atom stereocenters. The largest absolute Gasteiger partial charge is 0.333 e. The minimum atomic E-state index is -0.0757. The van der Waals surface area contributed by atoms with Gasteiger partial charge in [0.1, 0.15) is 5.82 Å². The molecule has 7 nitrogen and oxygen atoms in total. The van der Waals surface area contributed by atoms with Crippen LogP contribution in [0, 0.1) is 0 Å². The van der Waals surface area contributed by atoms with Crippen molar-refractivity contribution in [3.05, 3.63) is 77.0 Å². The summed E-state index contributed by atoms with van der Waals surface area (Å²) in [5.41, 5.74) is 2.80. The van der Waals surface area contributed by atoms with Gasteiger partial charge in [-0.15, -0.1) is 10.2 Å². The van der Waals surface area contributed by atoms with Gasteiger partial charge in [0.05, 0.1) is 28.5 Å². The Labute approximate surface area is 164 Å². The topological polar surface area (TPSA) is 80.9 Å². The number of aromatic nitrogens is 6. The molecule has 28 heavy (non-hydrogen) atoms. The lowest BCUT2D eigenvalue weighted by Gasteiger charge is -2.07. The van der Waals surface area contributed by atoms with Gasteiger partial charge in [0.25, 0.3) is 5.56 Å². The van der Waals surface area contributed by atoms with Crippen molar-refractivity contribution in [2.24, 2.45) is 7.05 Å². The van der Waals surface area contributed by atoms with Crippen LogP contribution in [0.1, 0.15) is 5.82 Å². The molecule has 138 valence electrons. The van der Waals surface area contributed by atoms with Crippen LogP contribution in [0.5, 0.6) is 0 Å². The molecule has 2 aromatic carbocycles. The van der Waals surface area contributed by atoms with Gasteiger partial charge in [-0.1, -0.05) is 54.2 Å². The fourth-order valence-corrected chi connectivity index (χ4v) is 4.02. The number of H-pyrrole nitrogens is 1. The van der Waals surface area contributed by atoms with Gasteiger partial charge in [0.2, 0.25) is 5.78 Å². The van der Waals surface area contributed by atoms with Crippen molar-refractivity contribution < 1.29 is 0 Å². The van der Waals surface area contributed by atoms with Crippen molar-refractivity contribution in [2.75, 3.05) is 0 Å². The average Bonchev–Trinajstić information content (AvgIpc) is 3.38. The number of thioether (sulfide) groups is 1. The van der Waals surface area contributed by atoms with E-state index in [2.05, 4.69) is 20.2 Å². The maximum Gasteiger partial charge on any atom is 0.262 e. The number of aryl methyl sites for hydroxylation is 1. The van der Waals surface area contributed by atoms with Gasteiger partial charge in [0.15, 0.2) is 5.16 Å². The first-order chi connectivity index (χ1) is 13.7. The molecular weight excluding hydrogens is 372 g/mol. The van der Waals surface area contributed by atoms with Crippen LogP contribution in [0.25, 0.3) is 27.9 Å². The van der Waals surface area contributed by atoms with E-state index in [4.69, 9.17) is 0 Å². The monoisotopic (exact) mass is 388 g/mol. The third kappa shape index (κ3) is 2.69. The maximum absolute atomic E-state index is 12.5. The molecule has 0 radical (unpaired) electrons. The molecule has 5 aromatic rings. The number of rotatable bonds is 4. The molecule has 3 heterocycles. The van der Waals surface area contributed by atoms with Crippen LogP contribution in [0.4, 0.5) is 0 Å². The van der Waals surface area contributed by atoms with E-state index in [1.165, 1.54) is 4.57 Å². The van der Waals surface area contributed by atoms with E-state index >= 15 is 0 Å². The molecule has 0 aliphatic carbocycles. The molecule has 0 bridgehead atoms. The van der Waals surface area contributed by atoms with E-state index in [0.29, 0.717) is 16.9 Å². The van der Waals surface area contributed by atoms with Gasteiger partial charge in [0, 0.05) is 7.05 Å². The number of fused-ring (bicyclic) bond motifs is 3. The normalized spacial score (nSPS) is 11.5. The fourth-order valence-electron chi connectivity index (χ4n) is 3.26. The summed E-state index contributed by atoms with van der Waals surface area (Å²) >= 11 is 1.55. The second-order valence-corrected chi connectivity index (χ2v) is 7.35. The molecule has 0 unspecified atom stereocenters. The molecule has 1 N–H and O–H groups in total. The Kier molecular flexibility index (Phi) is 3.98. The minimum absolute atomic E-state index is 0.0757. The number of nitrogens with one attached hydrogen (secondary N) is 1. The lowest BCUT2D eigenvalue weighted by molar-refractivity contribution is 0.857. The zero-order valence-electron chi connectivity index (χ0n) is 15.0. The van der Waals surface area contributed by atoms with Crippen LogP contribution in [-0.2, 0) is 12.8 Å². The first-order valence-corrected chi connectivity index (χ1v) is 9.76. The van der Waals surface area contributed by atoms with Gasteiger partial charge in [-0.25, -0.2) is 4.98 Å². The van der Waals surface area contributed by atoms with Gasteiger partial charge in [-0.05, 0) is 17.7 Å². The Morgan fingerprint density at radius 3 is 2.68 bits per heavy atom. The van der Waals surface area contributed by atoms with Crippen LogP contribution in [0.2, 0.25) is 0 Å². The van der Waals surface area contributed by atoms with Crippen LogP contribution >= 0.6 is 11.8 Å². The first-order valence-electron chi connectivity index (χ1n) is 8.77. The Bertz CT molecular complexity index is 1350. The molecule has 0 saturated carbocycles. The summed E-state index contributed by atoms with van der Waals surface area (Å²) in [7, 11) is 1.72. The van der Waals surface area contributed by atoms with Gasteiger partial charge < -0.3 is 4.98 Å². The highest BCUT2D eigenvalue weighted by Crippen LogP contribution is 2.24. The van der Waals surface area contributed by atoms with Crippen molar-refractivity contribution >= 4 is 28.4 Å². The third-order valence-corrected chi connectivity index (χ3v) is 5.55. The van der Waals surface area contributed by atoms with E-state index in [-0.39, 0.29) is 5.56 Å². The van der Waals surface area contributed by atoms with Gasteiger partial charge >= 0.3 is 0 Å². The van der Waals surface area contributed by atoms with Crippen LogP contribution < -0.4 is 5.56 Å². The van der Waals surface area contributed by atoms with Crippen molar-refractivity contribution in [3.63, 3.8) is 0 Å². The number of para-hydroxylation sites is 1. The van der Waals surface area contributed by atoms with Gasteiger partial charge in [-0.2, -0.15) is 0 Å². The molecule has 0 fully saturated rings. The minimum Gasteiger partial charge on any atom is -0.333 e. The van der Waals surface area contributed by atoms with Crippen molar-refractivity contribution in [3.8, 4) is 11.3 Å². The van der Waals surface area contributed by atoms with Crippen molar-refractivity contribution in [2.45, 2.75) is 10.9 Å². The summed E-state index contributed by atoms with van der Waals surface area (Å²) in [6, 6.07) is 17.6. The summed E-state index contributed by atoms with van der Waals surface area (Å²) in [5.74, 6) is 1.87. The number of aromatic amines is 1. The zero-order valence-corrected chi connectivity index (χ0v) is 15.8. The molecule has 0 aliphatic rings. The van der Waals surface area contributed by atoms with E-state index in [0.717, 1.165) is 27.8 Å². The van der Waals surface area contributed by atoms with Gasteiger partial charge in [-0.3, -0.25) is 13.8 Å². The highest BCUT2D eigenvalue weighted by molar-refractivity contribution is 7.98. The lowest BCUT2D eigenvalue weighted by Crippen LogP contribution is -2.20. The molecular formula is C20H16N6OS. The summed E-state index contributed by atoms with van der Waals surface area (Å²) in [6.07, 6.45) is 1.83. The predicted octanol–water partition coefficient (Wildman–Crippen LogP) is 3.26. The van der Waals surface area contributed by atoms with Crippen LogP contribution in [0.3, 0.4) is 0 Å². The Hall–Kier alpha value is -3.39. The molecule has 0 spiro atoms. The number of benzene rings is 2. The summed E-state index contributed by atoms with van der Waals surface area (Å²) in [4.78, 5) is 20.3. The molecule has 3 aromatic heterocycles. The van der Waals surface area contributed by atoms with E-state index in [1.54, 1.807) is 18.8 Å². The molecule has 8 heteroatoms. The smallest absolute Gasteiger partial charge is 0.262 e. The second kappa shape index (κ2) is 6.65. The van der Waals surface area contributed by atoms with E-state index in [1.807, 2.05) is 65.2 Å². The lowest BCUT2D eigenvalue weighted by atomic mass is 10.2. The number of hydrogen-bond acceptors (Lipinski definition) is 5. The molecule has 5 rings (SSSR count). The number of hydrogen-bond donors (Lipinski definition) is 1. The highest BCUT2D eigenvalue weighted by atomic mass is 32.2. The molecule has 0 amide bonds. The zero-order chi connectivity index (χ0) is 19.1. The average molecular weight is 388 g/mol. The Morgan fingerprint density at radius 1 is 1.04 bits per heavy atom. The first kappa shape index (κ1) is 16.8. The van der Waals surface area contributed by atoms with E-state index in [9.17, 15) is 4.79 Å². The van der Waals surface area contributed by atoms with E-state index < -0.39 is 0 Å². The fraction of sp³-hybridized carbons (Fsp3) is 0.100. The number of imidazole rings is 1. The quantitative estimate of drug-likeness (QED) is 0.478. The summed E-state index contributed by atoms with van der Waals surface area (Å²) < 4.78 is 3.47. The third-order valence-electron chi connectivity index (χ3n) is 4.67. The predicted molar refractivity (Wildman–Crippen MR) is 109 cm³/mol. The van der Waals surface area contributed by atoms with Crippen LogP contribution in [0.15, 0.2) is 70.7 Å². The standard InChI is InChI=1S/C20H16N6OS/c1-25-18(27)14-9-5-6-10-16(14)26-17(23-24-20(25)26)12-28-19-21-11-15(22-19)13-7-3-2-4-8-13/h2-11H,12H2,1H3,(H,21,22). The summed E-state index contributed by atoms with van der Waals surface area (Å²) in [5, 5.41) is 10.0. The Balaban J connectivity index is 1.50. The number of nitrogens with zero attached hydrogens (tertiary/aromatic N) is 5. The second-order valence-electron chi connectivity index (χ2n) is 6.39. The SMILES string of the molecule is Cn1c(=O)c2ccccc2n2c(CSc3ncc(-c4ccccc4)[nH]3)nnc12. The molecule has 0 aliphatic heterocycles. The maximum atomic E-state index is 12.5. The summed E-state index contributed by atoms with van der Waals surface area (Å²) in [6.45, 7) is 0. The Morgan fingerprint density at radius 2 is 1.82 bits per heavy atom.